The van der Waals surface area contributed by atoms with E-state index < -0.39 is 0 Å². The monoisotopic (exact) mass is 250 g/mol. The molecule has 3 atom stereocenters. The summed E-state index contributed by atoms with van der Waals surface area (Å²) in [5.74, 6) is 2.82. The predicted octanol–water partition coefficient (Wildman–Crippen LogP) is 2.16. The predicted molar refractivity (Wildman–Crippen MR) is 73.3 cm³/mol. The lowest BCUT2D eigenvalue weighted by Crippen LogP contribution is -2.38. The first-order valence-electron chi connectivity index (χ1n) is 7.24. The minimum atomic E-state index is 0.544. The molecule has 0 aliphatic heterocycles. The molecule has 1 aromatic rings. The first-order chi connectivity index (χ1) is 8.74. The molecule has 1 aliphatic carbocycles. The minimum Gasteiger partial charge on any atom is -0.316 e. The van der Waals surface area contributed by atoms with E-state index in [1.807, 2.05) is 11.7 Å². The maximum atomic E-state index is 4.35. The first-order valence-corrected chi connectivity index (χ1v) is 7.24. The van der Waals surface area contributed by atoms with Gasteiger partial charge in [0.15, 0.2) is 0 Å². The Hall–Kier alpha value is -0.900. The van der Waals surface area contributed by atoms with Crippen molar-refractivity contribution in [3.8, 4) is 0 Å². The Morgan fingerprint density at radius 2 is 2.33 bits per heavy atom. The zero-order chi connectivity index (χ0) is 13.0. The standard InChI is InChI=1S/C14H26N4/c1-4-11-6-5-7-12(8-11)13(15-2)9-14-16-10-17-18(14)3/h10-13,15H,4-9H2,1-3H3. The molecule has 3 unspecified atom stereocenters. The van der Waals surface area contributed by atoms with Gasteiger partial charge in [-0.1, -0.05) is 26.2 Å². The fourth-order valence-electron chi connectivity index (χ4n) is 3.27. The van der Waals surface area contributed by atoms with Gasteiger partial charge in [0.05, 0.1) is 0 Å². The van der Waals surface area contributed by atoms with Crippen LogP contribution < -0.4 is 5.32 Å². The molecule has 4 nitrogen and oxygen atoms in total. The van der Waals surface area contributed by atoms with E-state index in [1.165, 1.54) is 32.1 Å². The molecule has 1 aromatic heterocycles. The van der Waals surface area contributed by atoms with E-state index in [2.05, 4.69) is 29.4 Å². The van der Waals surface area contributed by atoms with Crippen LogP contribution in [0, 0.1) is 11.8 Å². The van der Waals surface area contributed by atoms with Crippen molar-refractivity contribution in [2.75, 3.05) is 7.05 Å². The van der Waals surface area contributed by atoms with Gasteiger partial charge >= 0.3 is 0 Å². The van der Waals surface area contributed by atoms with Crippen LogP contribution in [0.5, 0.6) is 0 Å². The van der Waals surface area contributed by atoms with E-state index in [0.717, 1.165) is 24.1 Å². The highest BCUT2D eigenvalue weighted by molar-refractivity contribution is 4.92. The van der Waals surface area contributed by atoms with Crippen molar-refractivity contribution >= 4 is 0 Å². The number of hydrogen-bond acceptors (Lipinski definition) is 3. The quantitative estimate of drug-likeness (QED) is 0.871. The van der Waals surface area contributed by atoms with Gasteiger partial charge in [-0.25, -0.2) is 4.98 Å². The van der Waals surface area contributed by atoms with E-state index in [0.29, 0.717) is 6.04 Å². The molecule has 102 valence electrons. The Morgan fingerprint density at radius 3 is 2.94 bits per heavy atom. The average molecular weight is 250 g/mol. The van der Waals surface area contributed by atoms with E-state index in [4.69, 9.17) is 0 Å². The number of aromatic nitrogens is 3. The molecular weight excluding hydrogens is 224 g/mol. The fourth-order valence-corrected chi connectivity index (χ4v) is 3.27. The number of hydrogen-bond donors (Lipinski definition) is 1. The summed E-state index contributed by atoms with van der Waals surface area (Å²) in [6.45, 7) is 2.32. The van der Waals surface area contributed by atoms with Gasteiger partial charge in [-0.15, -0.1) is 0 Å². The highest BCUT2D eigenvalue weighted by Crippen LogP contribution is 2.33. The van der Waals surface area contributed by atoms with Crippen molar-refractivity contribution in [2.24, 2.45) is 18.9 Å². The third-order valence-corrected chi connectivity index (χ3v) is 4.55. The van der Waals surface area contributed by atoms with Crippen LogP contribution in [0.4, 0.5) is 0 Å². The fraction of sp³-hybridized carbons (Fsp3) is 0.857. The summed E-state index contributed by atoms with van der Waals surface area (Å²) in [4.78, 5) is 4.35. The smallest absolute Gasteiger partial charge is 0.138 e. The van der Waals surface area contributed by atoms with E-state index in [1.54, 1.807) is 6.33 Å². The molecule has 0 amide bonds. The van der Waals surface area contributed by atoms with Crippen molar-refractivity contribution in [2.45, 2.75) is 51.5 Å². The van der Waals surface area contributed by atoms with Crippen LogP contribution in [-0.2, 0) is 13.5 Å². The lowest BCUT2D eigenvalue weighted by molar-refractivity contribution is 0.210. The molecule has 0 aromatic carbocycles. The lowest BCUT2D eigenvalue weighted by atomic mass is 9.76. The summed E-state index contributed by atoms with van der Waals surface area (Å²) in [5, 5.41) is 7.66. The van der Waals surface area contributed by atoms with Crippen molar-refractivity contribution in [1.29, 1.82) is 0 Å². The summed E-state index contributed by atoms with van der Waals surface area (Å²) >= 11 is 0. The number of rotatable bonds is 5. The molecule has 0 saturated heterocycles. The van der Waals surface area contributed by atoms with Crippen molar-refractivity contribution < 1.29 is 0 Å². The van der Waals surface area contributed by atoms with Crippen molar-refractivity contribution in [1.82, 2.24) is 20.1 Å². The Labute approximate surface area is 110 Å². The summed E-state index contributed by atoms with van der Waals surface area (Å²) in [6.07, 6.45) is 9.52. The van der Waals surface area contributed by atoms with E-state index >= 15 is 0 Å². The van der Waals surface area contributed by atoms with Crippen LogP contribution in [0.15, 0.2) is 6.33 Å². The van der Waals surface area contributed by atoms with Gasteiger partial charge in [0, 0.05) is 19.5 Å². The normalized spacial score (nSPS) is 26.2. The Bertz CT molecular complexity index is 360. The summed E-state index contributed by atoms with van der Waals surface area (Å²) < 4.78 is 1.89. The van der Waals surface area contributed by atoms with Gasteiger partial charge in [0.25, 0.3) is 0 Å². The van der Waals surface area contributed by atoms with Crippen LogP contribution in [0.3, 0.4) is 0 Å². The van der Waals surface area contributed by atoms with Crippen molar-refractivity contribution in [3.63, 3.8) is 0 Å². The molecule has 2 rings (SSSR count). The van der Waals surface area contributed by atoms with Gasteiger partial charge in [-0.2, -0.15) is 5.10 Å². The number of likely N-dealkylation sites (N-methyl/N-ethyl adjacent to an activating group) is 1. The minimum absolute atomic E-state index is 0.544. The van der Waals surface area contributed by atoms with Gasteiger partial charge in [0.1, 0.15) is 12.2 Å². The highest BCUT2D eigenvalue weighted by Gasteiger charge is 2.27. The molecule has 0 bridgehead atoms. The number of nitrogens with zero attached hydrogens (tertiary/aromatic N) is 3. The molecule has 1 heterocycles. The van der Waals surface area contributed by atoms with Gasteiger partial charge < -0.3 is 5.32 Å². The Morgan fingerprint density at radius 1 is 1.50 bits per heavy atom. The molecule has 1 aliphatic rings. The first kappa shape index (κ1) is 13.5. The molecule has 0 radical (unpaired) electrons. The van der Waals surface area contributed by atoms with Gasteiger partial charge in [-0.3, -0.25) is 4.68 Å². The molecular formula is C14H26N4. The third kappa shape index (κ3) is 3.10. The third-order valence-electron chi connectivity index (χ3n) is 4.55. The van der Waals surface area contributed by atoms with Crippen molar-refractivity contribution in [3.05, 3.63) is 12.2 Å². The van der Waals surface area contributed by atoms with Crippen LogP contribution in [0.25, 0.3) is 0 Å². The van der Waals surface area contributed by atoms with Crippen LogP contribution in [-0.4, -0.2) is 27.9 Å². The molecule has 1 saturated carbocycles. The van der Waals surface area contributed by atoms with Crippen LogP contribution in [0.2, 0.25) is 0 Å². The van der Waals surface area contributed by atoms with Crippen LogP contribution in [0.1, 0.15) is 44.9 Å². The second-order valence-corrected chi connectivity index (χ2v) is 5.60. The summed E-state index contributed by atoms with van der Waals surface area (Å²) in [6, 6.07) is 0.544. The Balaban J connectivity index is 1.97. The van der Waals surface area contributed by atoms with E-state index in [-0.39, 0.29) is 0 Å². The molecule has 1 fully saturated rings. The van der Waals surface area contributed by atoms with E-state index in [9.17, 15) is 0 Å². The second-order valence-electron chi connectivity index (χ2n) is 5.60. The number of aryl methyl sites for hydroxylation is 1. The molecule has 4 heteroatoms. The molecule has 18 heavy (non-hydrogen) atoms. The topological polar surface area (TPSA) is 42.7 Å². The van der Waals surface area contributed by atoms with Gasteiger partial charge in [0.2, 0.25) is 0 Å². The largest absolute Gasteiger partial charge is 0.316 e. The zero-order valence-electron chi connectivity index (χ0n) is 11.9. The highest BCUT2D eigenvalue weighted by atomic mass is 15.3. The zero-order valence-corrected chi connectivity index (χ0v) is 11.9. The maximum absolute atomic E-state index is 4.35. The summed E-state index contributed by atoms with van der Waals surface area (Å²) in [7, 11) is 4.06. The maximum Gasteiger partial charge on any atom is 0.138 e. The van der Waals surface area contributed by atoms with Crippen LogP contribution >= 0.6 is 0 Å². The average Bonchev–Trinajstić information content (AvgIpc) is 2.81. The molecule has 0 spiro atoms. The SMILES string of the molecule is CCC1CCCC(C(Cc2ncnn2C)NC)C1. The molecule has 1 N–H and O–H groups in total. The lowest BCUT2D eigenvalue weighted by Gasteiger charge is -2.34. The number of nitrogens with one attached hydrogen (secondary N) is 1. The Kier molecular flexibility index (Phi) is 4.75. The second kappa shape index (κ2) is 6.32. The summed E-state index contributed by atoms with van der Waals surface area (Å²) in [5.41, 5.74) is 0. The van der Waals surface area contributed by atoms with Gasteiger partial charge in [-0.05, 0) is 31.7 Å².